The second kappa shape index (κ2) is 4.84. The van der Waals surface area contributed by atoms with Gasteiger partial charge in [-0.05, 0) is 55.7 Å². The smallest absolute Gasteiger partial charge is 0.0639 e. The fraction of sp³-hybridized carbons (Fsp3) is 0.600. The molecule has 0 unspecified atom stereocenters. The summed E-state index contributed by atoms with van der Waals surface area (Å²) < 4.78 is 2.51. The Morgan fingerprint density at radius 2 is 2.13 bits per heavy atom. The fourth-order valence-electron chi connectivity index (χ4n) is 5.99. The van der Waals surface area contributed by atoms with Gasteiger partial charge in [0.1, 0.15) is 0 Å². The van der Waals surface area contributed by atoms with E-state index in [-0.39, 0.29) is 12.6 Å². The van der Waals surface area contributed by atoms with Crippen molar-refractivity contribution in [1.82, 2.24) is 9.47 Å². The van der Waals surface area contributed by atoms with Crippen molar-refractivity contribution in [2.45, 2.75) is 51.1 Å². The predicted octanol–water partition coefficient (Wildman–Crippen LogP) is 3.67. The zero-order valence-electron chi connectivity index (χ0n) is 14.0. The average Bonchev–Trinajstić information content (AvgIpc) is 2.95. The Morgan fingerprint density at radius 1 is 1.26 bits per heavy atom. The monoisotopic (exact) mass is 310 g/mol. The predicted molar refractivity (Wildman–Crippen MR) is 92.7 cm³/mol. The molecule has 1 aromatic heterocycles. The van der Waals surface area contributed by atoms with Crippen molar-refractivity contribution in [3.8, 4) is 0 Å². The van der Waals surface area contributed by atoms with Crippen molar-refractivity contribution in [3.05, 3.63) is 35.5 Å². The summed E-state index contributed by atoms with van der Waals surface area (Å²) in [6.07, 6.45) is 6.16. The van der Waals surface area contributed by atoms with Crippen molar-refractivity contribution >= 4 is 10.9 Å². The highest BCUT2D eigenvalue weighted by Gasteiger charge is 2.52. The molecule has 1 N–H and O–H groups in total. The lowest BCUT2D eigenvalue weighted by molar-refractivity contribution is -0.0421. The Kier molecular flexibility index (Phi) is 2.96. The molecular formula is C20H26N2O. The van der Waals surface area contributed by atoms with Gasteiger partial charge in [0.25, 0.3) is 0 Å². The zero-order valence-corrected chi connectivity index (χ0v) is 14.0. The highest BCUT2D eigenvalue weighted by molar-refractivity contribution is 5.86. The first-order chi connectivity index (χ1) is 11.3. The minimum absolute atomic E-state index is 0.248. The van der Waals surface area contributed by atoms with Gasteiger partial charge in [0.05, 0.1) is 18.7 Å². The minimum Gasteiger partial charge on any atom is -0.394 e. The first-order valence-corrected chi connectivity index (χ1v) is 9.25. The zero-order chi connectivity index (χ0) is 15.6. The normalized spacial score (nSPS) is 33.0. The summed E-state index contributed by atoms with van der Waals surface area (Å²) in [6.45, 7) is 5.08. The van der Waals surface area contributed by atoms with Gasteiger partial charge in [-0.15, -0.1) is 0 Å². The van der Waals surface area contributed by atoms with E-state index < -0.39 is 0 Å². The third-order valence-electron chi connectivity index (χ3n) is 6.95. The number of piperidine rings is 1. The summed E-state index contributed by atoms with van der Waals surface area (Å²) in [5.74, 6) is 0. The Bertz CT molecular complexity index is 764. The van der Waals surface area contributed by atoms with Gasteiger partial charge in [-0.25, -0.2) is 0 Å². The lowest BCUT2D eigenvalue weighted by Crippen LogP contribution is -2.53. The van der Waals surface area contributed by atoms with Crippen LogP contribution in [0.5, 0.6) is 0 Å². The molecule has 0 spiro atoms. The molecule has 1 saturated heterocycles. The summed E-state index contributed by atoms with van der Waals surface area (Å²) in [5.41, 5.74) is 4.82. The number of aromatic nitrogens is 1. The molecule has 4 heterocycles. The highest BCUT2D eigenvalue weighted by atomic mass is 16.3. The molecular weight excluding hydrogens is 284 g/mol. The Labute approximate surface area is 137 Å². The van der Waals surface area contributed by atoms with Gasteiger partial charge in [-0.3, -0.25) is 4.90 Å². The standard InChI is InChI=1S/C20H26N2O/c1-2-20-9-5-10-21-11-8-16-15-6-3-4-7-17(15)22(14(12-20)13-23)18(16)19(20)21/h3-4,6-7,14,19,23H,2,5,8-13H2,1H3/t14-,19+,20+/m1/s1. The van der Waals surface area contributed by atoms with Gasteiger partial charge in [-0.1, -0.05) is 25.1 Å². The Balaban J connectivity index is 1.85. The number of nitrogens with zero attached hydrogens (tertiary/aromatic N) is 2. The van der Waals surface area contributed by atoms with E-state index in [1.165, 1.54) is 43.3 Å². The maximum atomic E-state index is 10.2. The summed E-state index contributed by atoms with van der Waals surface area (Å²) in [6, 6.07) is 9.67. The largest absolute Gasteiger partial charge is 0.394 e. The molecule has 1 fully saturated rings. The van der Waals surface area contributed by atoms with Gasteiger partial charge in [-0.2, -0.15) is 0 Å². The molecule has 2 aromatic rings. The first kappa shape index (κ1) is 14.1. The van der Waals surface area contributed by atoms with E-state index in [4.69, 9.17) is 0 Å². The van der Waals surface area contributed by atoms with Crippen LogP contribution >= 0.6 is 0 Å². The number of benzene rings is 1. The molecule has 1 aromatic carbocycles. The molecule has 0 bridgehead atoms. The van der Waals surface area contributed by atoms with Crippen LogP contribution in [-0.4, -0.2) is 34.3 Å². The van der Waals surface area contributed by atoms with Crippen LogP contribution in [0.15, 0.2) is 24.3 Å². The Morgan fingerprint density at radius 3 is 2.96 bits per heavy atom. The number of aliphatic hydroxyl groups is 1. The number of fused-ring (bicyclic) bond motifs is 3. The number of para-hydroxylation sites is 1. The van der Waals surface area contributed by atoms with E-state index in [0.29, 0.717) is 11.5 Å². The van der Waals surface area contributed by atoms with Crippen LogP contribution in [-0.2, 0) is 6.42 Å². The van der Waals surface area contributed by atoms with E-state index in [2.05, 4.69) is 40.7 Å². The molecule has 3 aliphatic heterocycles. The fourth-order valence-corrected chi connectivity index (χ4v) is 5.99. The molecule has 0 saturated carbocycles. The maximum absolute atomic E-state index is 10.2. The lowest BCUT2D eigenvalue weighted by atomic mass is 9.63. The van der Waals surface area contributed by atoms with E-state index in [1.54, 1.807) is 11.3 Å². The molecule has 23 heavy (non-hydrogen) atoms. The molecule has 5 rings (SSSR count). The molecule has 3 atom stereocenters. The number of aliphatic hydroxyl groups excluding tert-OH is 1. The third kappa shape index (κ3) is 1.67. The summed E-state index contributed by atoms with van der Waals surface area (Å²) in [4.78, 5) is 2.75. The lowest BCUT2D eigenvalue weighted by Gasteiger charge is -2.56. The van der Waals surface area contributed by atoms with Crippen molar-refractivity contribution in [2.24, 2.45) is 5.41 Å². The van der Waals surface area contributed by atoms with E-state index in [1.807, 2.05) is 0 Å². The van der Waals surface area contributed by atoms with Crippen LogP contribution in [0.4, 0.5) is 0 Å². The number of hydrogen-bond donors (Lipinski definition) is 1. The van der Waals surface area contributed by atoms with E-state index >= 15 is 0 Å². The molecule has 0 aliphatic carbocycles. The topological polar surface area (TPSA) is 28.4 Å². The van der Waals surface area contributed by atoms with E-state index in [0.717, 1.165) is 12.8 Å². The van der Waals surface area contributed by atoms with Gasteiger partial charge in [0.2, 0.25) is 0 Å². The second-order valence-corrected chi connectivity index (χ2v) is 7.80. The molecule has 122 valence electrons. The average molecular weight is 310 g/mol. The van der Waals surface area contributed by atoms with Crippen LogP contribution < -0.4 is 0 Å². The van der Waals surface area contributed by atoms with Crippen LogP contribution in [0.1, 0.15) is 55.9 Å². The molecule has 0 amide bonds. The SMILES string of the molecule is CC[C@]12CCCN3CCc4c(n(c5ccccc45)[C@@H](CO)C1)[C@H]32. The van der Waals surface area contributed by atoms with Gasteiger partial charge < -0.3 is 9.67 Å². The van der Waals surface area contributed by atoms with Crippen LogP contribution in [0.2, 0.25) is 0 Å². The second-order valence-electron chi connectivity index (χ2n) is 7.80. The highest BCUT2D eigenvalue weighted by Crippen LogP contribution is 2.59. The summed E-state index contributed by atoms with van der Waals surface area (Å²) >= 11 is 0. The molecule has 3 nitrogen and oxygen atoms in total. The molecule has 3 heteroatoms. The van der Waals surface area contributed by atoms with Crippen molar-refractivity contribution in [3.63, 3.8) is 0 Å². The maximum Gasteiger partial charge on any atom is 0.0639 e. The first-order valence-electron chi connectivity index (χ1n) is 9.25. The van der Waals surface area contributed by atoms with Crippen molar-refractivity contribution in [2.75, 3.05) is 19.7 Å². The molecule has 3 aliphatic rings. The van der Waals surface area contributed by atoms with Gasteiger partial charge in [0, 0.05) is 23.1 Å². The van der Waals surface area contributed by atoms with Gasteiger partial charge in [0.15, 0.2) is 0 Å². The molecule has 0 radical (unpaired) electrons. The van der Waals surface area contributed by atoms with Crippen molar-refractivity contribution < 1.29 is 5.11 Å². The third-order valence-corrected chi connectivity index (χ3v) is 6.95. The quantitative estimate of drug-likeness (QED) is 0.917. The van der Waals surface area contributed by atoms with E-state index in [9.17, 15) is 5.11 Å². The van der Waals surface area contributed by atoms with Gasteiger partial charge >= 0.3 is 0 Å². The van der Waals surface area contributed by atoms with Crippen LogP contribution in [0.3, 0.4) is 0 Å². The van der Waals surface area contributed by atoms with Crippen LogP contribution in [0.25, 0.3) is 10.9 Å². The Hall–Kier alpha value is -1.32. The van der Waals surface area contributed by atoms with Crippen molar-refractivity contribution in [1.29, 1.82) is 0 Å². The minimum atomic E-state index is 0.248. The van der Waals surface area contributed by atoms with Crippen LogP contribution in [0, 0.1) is 5.41 Å². The number of rotatable bonds is 2. The number of hydrogen-bond acceptors (Lipinski definition) is 2. The summed E-state index contributed by atoms with van der Waals surface area (Å²) in [7, 11) is 0. The summed E-state index contributed by atoms with van der Waals surface area (Å²) in [5, 5.41) is 11.6.